The molecule has 9 heteroatoms. The molecular formula is C25H23F5N2OS. The van der Waals surface area contributed by atoms with Crippen LogP contribution in [0.3, 0.4) is 0 Å². The van der Waals surface area contributed by atoms with E-state index in [1.807, 2.05) is 18.2 Å². The number of amides is 1. The van der Waals surface area contributed by atoms with Crippen LogP contribution in [0, 0.1) is 11.6 Å². The van der Waals surface area contributed by atoms with Gasteiger partial charge in [-0.25, -0.2) is 13.1 Å². The smallest absolute Gasteiger partial charge is 0.351 e. The summed E-state index contributed by atoms with van der Waals surface area (Å²) in [6.07, 6.45) is -4.45. The number of alkyl halides is 3. The van der Waals surface area contributed by atoms with E-state index in [0.717, 1.165) is 17.0 Å². The summed E-state index contributed by atoms with van der Waals surface area (Å²) >= 11 is 1.33. The van der Waals surface area contributed by atoms with Crippen LogP contribution in [0.15, 0.2) is 71.6 Å². The summed E-state index contributed by atoms with van der Waals surface area (Å²) in [4.78, 5) is 13.3. The molecule has 0 radical (unpaired) electrons. The van der Waals surface area contributed by atoms with Crippen molar-refractivity contribution in [2.45, 2.75) is 37.5 Å². The van der Waals surface area contributed by atoms with E-state index in [1.165, 1.54) is 48.3 Å². The maximum atomic E-state index is 14.2. The molecule has 0 saturated carbocycles. The molecule has 3 aromatic carbocycles. The van der Waals surface area contributed by atoms with Crippen LogP contribution in [0.4, 0.5) is 22.0 Å². The molecule has 3 nitrogen and oxygen atoms in total. The number of benzene rings is 3. The zero-order valence-electron chi connectivity index (χ0n) is 18.5. The van der Waals surface area contributed by atoms with Crippen LogP contribution in [-0.4, -0.2) is 22.8 Å². The average Bonchev–Trinajstić information content (AvgIpc) is 2.78. The second kappa shape index (κ2) is 11.0. The van der Waals surface area contributed by atoms with E-state index in [2.05, 4.69) is 5.32 Å². The molecule has 0 heterocycles. The van der Waals surface area contributed by atoms with Crippen LogP contribution >= 0.6 is 11.9 Å². The minimum Gasteiger partial charge on any atom is -0.351 e. The number of carbonyl (C=O) groups is 1. The van der Waals surface area contributed by atoms with Crippen LogP contribution in [0.1, 0.15) is 25.0 Å². The van der Waals surface area contributed by atoms with Crippen molar-refractivity contribution in [1.29, 1.82) is 0 Å². The van der Waals surface area contributed by atoms with E-state index >= 15 is 0 Å². The highest BCUT2D eigenvalue weighted by molar-refractivity contribution is 7.97. The van der Waals surface area contributed by atoms with Crippen molar-refractivity contribution in [3.63, 3.8) is 0 Å². The van der Waals surface area contributed by atoms with Crippen molar-refractivity contribution in [2.24, 2.45) is 0 Å². The van der Waals surface area contributed by atoms with Gasteiger partial charge in [0.25, 0.3) is 0 Å². The summed E-state index contributed by atoms with van der Waals surface area (Å²) in [6.45, 7) is 3.96. The zero-order valence-corrected chi connectivity index (χ0v) is 19.3. The Morgan fingerprint density at radius 2 is 1.56 bits per heavy atom. The van der Waals surface area contributed by atoms with E-state index in [9.17, 15) is 26.7 Å². The van der Waals surface area contributed by atoms with Crippen molar-refractivity contribution in [1.82, 2.24) is 9.62 Å². The van der Waals surface area contributed by atoms with Gasteiger partial charge in [0.2, 0.25) is 5.91 Å². The number of hydrogen-bond acceptors (Lipinski definition) is 3. The molecule has 0 aromatic heterocycles. The van der Waals surface area contributed by atoms with Crippen molar-refractivity contribution in [3.8, 4) is 11.1 Å². The third-order valence-electron chi connectivity index (χ3n) is 4.90. The lowest BCUT2D eigenvalue weighted by atomic mass is 10.0. The fourth-order valence-electron chi connectivity index (χ4n) is 3.12. The maximum absolute atomic E-state index is 14.2. The van der Waals surface area contributed by atoms with Gasteiger partial charge in [0.15, 0.2) is 0 Å². The SMILES string of the molecule is CC(C)N(CC(=O)NCc1cc(F)cc(-c2ccc(C(F)(F)F)cc2)c1)Sc1ccc(F)cc1. The van der Waals surface area contributed by atoms with Gasteiger partial charge >= 0.3 is 6.18 Å². The highest BCUT2D eigenvalue weighted by atomic mass is 32.2. The monoisotopic (exact) mass is 494 g/mol. The lowest BCUT2D eigenvalue weighted by Gasteiger charge is -2.24. The van der Waals surface area contributed by atoms with Crippen molar-refractivity contribution in [2.75, 3.05) is 6.54 Å². The lowest BCUT2D eigenvalue weighted by molar-refractivity contribution is -0.137. The third kappa shape index (κ3) is 7.30. The van der Waals surface area contributed by atoms with E-state index in [4.69, 9.17) is 0 Å². The van der Waals surface area contributed by atoms with Gasteiger partial charge in [0.1, 0.15) is 11.6 Å². The molecule has 1 N–H and O–H groups in total. The molecule has 0 unspecified atom stereocenters. The summed E-state index contributed by atoms with van der Waals surface area (Å²) < 4.78 is 67.5. The molecule has 0 saturated heterocycles. The Hall–Kier alpha value is -2.91. The van der Waals surface area contributed by atoms with Gasteiger partial charge in [-0.05, 0) is 97.1 Å². The minimum atomic E-state index is -4.45. The molecular weight excluding hydrogens is 471 g/mol. The number of halogens is 5. The Morgan fingerprint density at radius 3 is 2.15 bits per heavy atom. The molecule has 3 rings (SSSR count). The summed E-state index contributed by atoms with van der Waals surface area (Å²) in [5, 5.41) is 2.74. The van der Waals surface area contributed by atoms with E-state index < -0.39 is 17.6 Å². The van der Waals surface area contributed by atoms with Crippen LogP contribution in [-0.2, 0) is 17.5 Å². The lowest BCUT2D eigenvalue weighted by Crippen LogP contribution is -2.36. The van der Waals surface area contributed by atoms with Crippen LogP contribution in [0.5, 0.6) is 0 Å². The summed E-state index contributed by atoms with van der Waals surface area (Å²) in [7, 11) is 0. The Kier molecular flexibility index (Phi) is 8.33. The van der Waals surface area contributed by atoms with Gasteiger partial charge < -0.3 is 5.32 Å². The van der Waals surface area contributed by atoms with E-state index in [0.29, 0.717) is 16.7 Å². The molecule has 0 spiro atoms. The van der Waals surface area contributed by atoms with Crippen LogP contribution in [0.25, 0.3) is 11.1 Å². The largest absolute Gasteiger partial charge is 0.416 e. The predicted octanol–water partition coefficient (Wildman–Crippen LogP) is 6.68. The molecule has 0 atom stereocenters. The molecule has 0 aliphatic carbocycles. The first-order chi connectivity index (χ1) is 16.0. The van der Waals surface area contributed by atoms with Gasteiger partial charge in [0, 0.05) is 17.5 Å². The first-order valence-electron chi connectivity index (χ1n) is 10.5. The quantitative estimate of drug-likeness (QED) is 0.280. The van der Waals surface area contributed by atoms with Gasteiger partial charge in [0.05, 0.1) is 12.1 Å². The van der Waals surface area contributed by atoms with Crippen LogP contribution in [0.2, 0.25) is 0 Å². The van der Waals surface area contributed by atoms with Crippen molar-refractivity contribution in [3.05, 3.63) is 89.5 Å². The van der Waals surface area contributed by atoms with Crippen molar-refractivity contribution < 1.29 is 26.7 Å². The van der Waals surface area contributed by atoms with Crippen molar-refractivity contribution >= 4 is 17.9 Å². The molecule has 1 amide bonds. The third-order valence-corrected chi connectivity index (χ3v) is 6.17. The summed E-state index contributed by atoms with van der Waals surface area (Å²) in [6, 6.07) is 14.5. The number of rotatable bonds is 8. The summed E-state index contributed by atoms with van der Waals surface area (Å²) in [5.41, 5.74) is 0.536. The fraction of sp³-hybridized carbons (Fsp3) is 0.240. The van der Waals surface area contributed by atoms with Crippen LogP contribution < -0.4 is 5.32 Å². The zero-order chi connectivity index (χ0) is 24.9. The molecule has 3 aromatic rings. The molecule has 34 heavy (non-hydrogen) atoms. The molecule has 180 valence electrons. The standard InChI is InChI=1S/C25H23F5N2OS/c1-16(2)32(34-23-9-7-21(26)8-10-23)15-24(33)31-14-17-11-19(13-22(27)12-17)18-3-5-20(6-4-18)25(28,29)30/h3-13,16H,14-15H2,1-2H3,(H,31,33). The Bertz CT molecular complexity index is 1120. The first-order valence-corrected chi connectivity index (χ1v) is 11.2. The normalized spacial score (nSPS) is 11.8. The number of carbonyl (C=O) groups excluding carboxylic acids is 1. The number of nitrogens with one attached hydrogen (secondary N) is 1. The molecule has 0 fully saturated rings. The second-order valence-electron chi connectivity index (χ2n) is 7.91. The number of nitrogens with zero attached hydrogens (tertiary/aromatic N) is 1. The predicted molar refractivity (Wildman–Crippen MR) is 123 cm³/mol. The second-order valence-corrected chi connectivity index (χ2v) is 9.04. The first kappa shape index (κ1) is 25.7. The Balaban J connectivity index is 1.64. The minimum absolute atomic E-state index is 0.0150. The van der Waals surface area contributed by atoms with Gasteiger partial charge in [-0.15, -0.1) is 0 Å². The molecule has 0 aliphatic rings. The van der Waals surface area contributed by atoms with Gasteiger partial charge in [-0.2, -0.15) is 13.2 Å². The Labute approximate surface area is 199 Å². The van der Waals surface area contributed by atoms with E-state index in [1.54, 1.807) is 18.2 Å². The maximum Gasteiger partial charge on any atom is 0.416 e. The molecule has 0 aliphatic heterocycles. The van der Waals surface area contributed by atoms with Gasteiger partial charge in [-0.3, -0.25) is 4.79 Å². The molecule has 0 bridgehead atoms. The number of hydrogen-bond donors (Lipinski definition) is 1. The van der Waals surface area contributed by atoms with E-state index in [-0.39, 0.29) is 30.9 Å². The fourth-order valence-corrected chi connectivity index (χ4v) is 4.04. The highest BCUT2D eigenvalue weighted by Crippen LogP contribution is 2.31. The van der Waals surface area contributed by atoms with Gasteiger partial charge in [-0.1, -0.05) is 12.1 Å². The Morgan fingerprint density at radius 1 is 0.912 bits per heavy atom. The highest BCUT2D eigenvalue weighted by Gasteiger charge is 2.30. The average molecular weight is 495 g/mol. The topological polar surface area (TPSA) is 32.3 Å². The summed E-state index contributed by atoms with van der Waals surface area (Å²) in [5.74, 6) is -1.19.